The van der Waals surface area contributed by atoms with Gasteiger partial charge in [-0.25, -0.2) is 0 Å². The molecule has 1 unspecified atom stereocenters. The molecular formula is C17H20O3. The fourth-order valence-corrected chi connectivity index (χ4v) is 2.15. The Morgan fingerprint density at radius 1 is 1.15 bits per heavy atom. The van der Waals surface area contributed by atoms with Gasteiger partial charge in [0.1, 0.15) is 0 Å². The van der Waals surface area contributed by atoms with Crippen LogP contribution in [0.4, 0.5) is 0 Å². The number of ketones is 1. The van der Waals surface area contributed by atoms with Gasteiger partial charge in [0.2, 0.25) is 6.29 Å². The molecular weight excluding hydrogens is 252 g/mol. The molecule has 0 fully saturated rings. The van der Waals surface area contributed by atoms with Gasteiger partial charge in [0.15, 0.2) is 5.78 Å². The summed E-state index contributed by atoms with van der Waals surface area (Å²) >= 11 is 0. The molecule has 2 aromatic carbocycles. The van der Waals surface area contributed by atoms with Crippen LogP contribution < -0.4 is 0 Å². The average Bonchev–Trinajstić information content (AvgIpc) is 2.51. The number of fused-ring (bicyclic) bond motifs is 1. The van der Waals surface area contributed by atoms with Gasteiger partial charge in [0.05, 0.1) is 6.10 Å². The molecule has 0 aliphatic rings. The lowest BCUT2D eigenvalue weighted by molar-refractivity contribution is -0.174. The predicted octanol–water partition coefficient (Wildman–Crippen LogP) is 3.87. The third-order valence-electron chi connectivity index (χ3n) is 3.40. The van der Waals surface area contributed by atoms with E-state index < -0.39 is 6.29 Å². The molecule has 0 saturated heterocycles. The molecule has 0 aliphatic carbocycles. The molecule has 2 aromatic rings. The van der Waals surface area contributed by atoms with Crippen molar-refractivity contribution in [1.29, 1.82) is 0 Å². The lowest BCUT2D eigenvalue weighted by atomic mass is 10.0. The van der Waals surface area contributed by atoms with E-state index in [-0.39, 0.29) is 11.9 Å². The SMILES string of the molecule is CCC(=O)C(OC)O[C@H](C)c1ccc2ccccc2c1. The van der Waals surface area contributed by atoms with Crippen molar-refractivity contribution in [1.82, 2.24) is 0 Å². The molecule has 0 aliphatic heterocycles. The molecule has 2 atom stereocenters. The van der Waals surface area contributed by atoms with Gasteiger partial charge < -0.3 is 9.47 Å². The van der Waals surface area contributed by atoms with Crippen molar-refractivity contribution in [2.24, 2.45) is 0 Å². The molecule has 0 amide bonds. The predicted molar refractivity (Wildman–Crippen MR) is 79.5 cm³/mol. The number of Topliss-reactive ketones (excluding diaryl/α,β-unsaturated/α-hetero) is 1. The van der Waals surface area contributed by atoms with E-state index in [1.807, 2.05) is 25.1 Å². The Labute approximate surface area is 119 Å². The molecule has 20 heavy (non-hydrogen) atoms. The van der Waals surface area contributed by atoms with Crippen LogP contribution in [0.15, 0.2) is 42.5 Å². The Morgan fingerprint density at radius 3 is 2.50 bits per heavy atom. The average molecular weight is 272 g/mol. The van der Waals surface area contributed by atoms with Crippen molar-refractivity contribution in [3.63, 3.8) is 0 Å². The molecule has 0 heterocycles. The van der Waals surface area contributed by atoms with Gasteiger partial charge in [0, 0.05) is 13.5 Å². The second-order valence-corrected chi connectivity index (χ2v) is 4.77. The third-order valence-corrected chi connectivity index (χ3v) is 3.40. The first-order valence-electron chi connectivity index (χ1n) is 6.85. The lowest BCUT2D eigenvalue weighted by Crippen LogP contribution is -2.26. The Kier molecular flexibility index (Phi) is 4.88. The molecule has 0 bridgehead atoms. The number of carbonyl (C=O) groups is 1. The minimum absolute atomic E-state index is 0.0415. The summed E-state index contributed by atoms with van der Waals surface area (Å²) in [5.41, 5.74) is 1.04. The first kappa shape index (κ1) is 14.7. The van der Waals surface area contributed by atoms with Crippen molar-refractivity contribution >= 4 is 16.6 Å². The van der Waals surface area contributed by atoms with Gasteiger partial charge in [-0.1, -0.05) is 43.3 Å². The Hall–Kier alpha value is -1.71. The highest BCUT2D eigenvalue weighted by Crippen LogP contribution is 2.24. The highest BCUT2D eigenvalue weighted by atomic mass is 16.7. The summed E-state index contributed by atoms with van der Waals surface area (Å²) < 4.78 is 10.8. The second-order valence-electron chi connectivity index (χ2n) is 4.77. The summed E-state index contributed by atoms with van der Waals surface area (Å²) in [6.45, 7) is 3.73. The largest absolute Gasteiger partial charge is 0.349 e. The lowest BCUT2D eigenvalue weighted by Gasteiger charge is -2.20. The molecule has 0 spiro atoms. The minimum atomic E-state index is -0.790. The summed E-state index contributed by atoms with van der Waals surface area (Å²) in [6.07, 6.45) is -0.579. The standard InChI is InChI=1S/C17H20O3/c1-4-16(18)17(19-3)20-12(2)14-10-9-13-7-5-6-8-15(13)11-14/h5-12,17H,4H2,1-3H3/t12-,17?/m1/s1. The molecule has 0 saturated carbocycles. The highest BCUT2D eigenvalue weighted by Gasteiger charge is 2.20. The second kappa shape index (κ2) is 6.64. The first-order chi connectivity index (χ1) is 9.65. The molecule has 3 heteroatoms. The smallest absolute Gasteiger partial charge is 0.218 e. The van der Waals surface area contributed by atoms with Crippen LogP contribution in [-0.2, 0) is 14.3 Å². The van der Waals surface area contributed by atoms with Crippen LogP contribution in [0.2, 0.25) is 0 Å². The van der Waals surface area contributed by atoms with E-state index in [2.05, 4.69) is 24.3 Å². The van der Waals surface area contributed by atoms with Crippen molar-refractivity contribution < 1.29 is 14.3 Å². The van der Waals surface area contributed by atoms with E-state index in [0.717, 1.165) is 10.9 Å². The number of hydrogen-bond acceptors (Lipinski definition) is 3. The van der Waals surface area contributed by atoms with Crippen molar-refractivity contribution in [3.8, 4) is 0 Å². The van der Waals surface area contributed by atoms with E-state index in [1.165, 1.54) is 12.5 Å². The maximum atomic E-state index is 11.7. The van der Waals surface area contributed by atoms with E-state index in [9.17, 15) is 4.79 Å². The van der Waals surface area contributed by atoms with Crippen LogP contribution in [0.25, 0.3) is 10.8 Å². The first-order valence-corrected chi connectivity index (χ1v) is 6.85. The monoisotopic (exact) mass is 272 g/mol. The van der Waals surface area contributed by atoms with Crippen LogP contribution in [0, 0.1) is 0 Å². The molecule has 0 aromatic heterocycles. The fraction of sp³-hybridized carbons (Fsp3) is 0.353. The van der Waals surface area contributed by atoms with Crippen LogP contribution in [-0.4, -0.2) is 19.2 Å². The van der Waals surface area contributed by atoms with Crippen molar-refractivity contribution in [3.05, 3.63) is 48.0 Å². The van der Waals surface area contributed by atoms with Crippen LogP contribution in [0.1, 0.15) is 31.9 Å². The maximum absolute atomic E-state index is 11.7. The number of hydrogen-bond donors (Lipinski definition) is 0. The van der Waals surface area contributed by atoms with Crippen molar-refractivity contribution in [2.75, 3.05) is 7.11 Å². The Balaban J connectivity index is 2.18. The quantitative estimate of drug-likeness (QED) is 0.749. The van der Waals surface area contributed by atoms with E-state index >= 15 is 0 Å². The summed E-state index contributed by atoms with van der Waals surface area (Å²) in [5, 5.41) is 2.35. The summed E-state index contributed by atoms with van der Waals surface area (Å²) in [7, 11) is 1.49. The molecule has 0 radical (unpaired) electrons. The Bertz CT molecular complexity index is 592. The van der Waals surface area contributed by atoms with Gasteiger partial charge in [0.25, 0.3) is 0 Å². The summed E-state index contributed by atoms with van der Waals surface area (Å²) in [6, 6.07) is 14.3. The molecule has 2 rings (SSSR count). The van der Waals surface area contributed by atoms with Gasteiger partial charge in [-0.15, -0.1) is 0 Å². The van der Waals surface area contributed by atoms with E-state index in [0.29, 0.717) is 6.42 Å². The van der Waals surface area contributed by atoms with Crippen molar-refractivity contribution in [2.45, 2.75) is 32.7 Å². The van der Waals surface area contributed by atoms with Crippen LogP contribution in [0.3, 0.4) is 0 Å². The zero-order valence-electron chi connectivity index (χ0n) is 12.1. The van der Waals surface area contributed by atoms with Gasteiger partial charge in [-0.3, -0.25) is 4.79 Å². The summed E-state index contributed by atoms with van der Waals surface area (Å²) in [4.78, 5) is 11.7. The van der Waals surface area contributed by atoms with Gasteiger partial charge >= 0.3 is 0 Å². The van der Waals surface area contributed by atoms with Gasteiger partial charge in [-0.2, -0.15) is 0 Å². The van der Waals surface area contributed by atoms with Gasteiger partial charge in [-0.05, 0) is 29.3 Å². The minimum Gasteiger partial charge on any atom is -0.349 e. The molecule has 106 valence electrons. The molecule has 0 N–H and O–H groups in total. The zero-order valence-corrected chi connectivity index (χ0v) is 12.1. The zero-order chi connectivity index (χ0) is 14.5. The number of methoxy groups -OCH3 is 1. The molecule has 3 nitrogen and oxygen atoms in total. The van der Waals surface area contributed by atoms with Crippen LogP contribution >= 0.6 is 0 Å². The normalized spacial score (nSPS) is 14.2. The number of ether oxygens (including phenoxy) is 2. The fourth-order valence-electron chi connectivity index (χ4n) is 2.15. The van der Waals surface area contributed by atoms with E-state index in [4.69, 9.17) is 9.47 Å². The topological polar surface area (TPSA) is 35.5 Å². The van der Waals surface area contributed by atoms with Crippen LogP contribution in [0.5, 0.6) is 0 Å². The third kappa shape index (κ3) is 3.24. The highest BCUT2D eigenvalue weighted by molar-refractivity contribution is 5.83. The maximum Gasteiger partial charge on any atom is 0.218 e. The number of carbonyl (C=O) groups excluding carboxylic acids is 1. The number of benzene rings is 2. The summed E-state index contributed by atoms with van der Waals surface area (Å²) in [5.74, 6) is -0.0415. The Morgan fingerprint density at radius 2 is 1.85 bits per heavy atom. The number of rotatable bonds is 6. The van der Waals surface area contributed by atoms with E-state index in [1.54, 1.807) is 6.92 Å².